The van der Waals surface area contributed by atoms with Crippen molar-refractivity contribution in [2.45, 2.75) is 25.3 Å². The highest BCUT2D eigenvalue weighted by molar-refractivity contribution is 5.97. The summed E-state index contributed by atoms with van der Waals surface area (Å²) in [5, 5.41) is 3.49. The highest BCUT2D eigenvalue weighted by Crippen LogP contribution is 2.52. The van der Waals surface area contributed by atoms with E-state index in [-0.39, 0.29) is 11.3 Å². The molecule has 3 aromatic carbocycles. The number of Topliss-reactive ketones (excluding diaryl/α,β-unsaturated/α-hetero) is 1. The lowest BCUT2D eigenvalue weighted by Crippen LogP contribution is -2.20. The molecule has 1 aliphatic rings. The first-order valence-corrected chi connectivity index (χ1v) is 10.1. The van der Waals surface area contributed by atoms with E-state index in [1.807, 2.05) is 48.5 Å². The molecule has 1 heterocycles. The van der Waals surface area contributed by atoms with Gasteiger partial charge in [-0.1, -0.05) is 30.3 Å². The molecule has 4 aromatic rings. The topological polar surface area (TPSA) is 56.1 Å². The fourth-order valence-electron chi connectivity index (χ4n) is 4.13. The van der Waals surface area contributed by atoms with Crippen molar-refractivity contribution < 1.29 is 9.53 Å². The van der Waals surface area contributed by atoms with E-state index in [0.29, 0.717) is 5.56 Å². The number of ketones is 1. The first-order chi connectivity index (χ1) is 14.6. The summed E-state index contributed by atoms with van der Waals surface area (Å²) in [6.45, 7) is 1.58. The predicted octanol–water partition coefficient (Wildman–Crippen LogP) is 5.53. The van der Waals surface area contributed by atoms with Crippen molar-refractivity contribution in [3.8, 4) is 5.75 Å². The summed E-state index contributed by atoms with van der Waals surface area (Å²) in [5.41, 5.74) is 4.61. The monoisotopic (exact) mass is 397 g/mol. The van der Waals surface area contributed by atoms with E-state index in [1.54, 1.807) is 14.0 Å². The molecule has 0 unspecified atom stereocenters. The molecule has 0 radical (unpaired) electrons. The van der Waals surface area contributed by atoms with E-state index in [2.05, 4.69) is 34.1 Å². The lowest BCUT2D eigenvalue weighted by molar-refractivity contribution is 0.101. The Morgan fingerprint density at radius 1 is 1.03 bits per heavy atom. The Bertz CT molecular complexity index is 1220. The number of nitrogens with zero attached hydrogens (tertiary/aromatic N) is 2. The van der Waals surface area contributed by atoms with Gasteiger partial charge in [0.05, 0.1) is 23.7 Å². The highest BCUT2D eigenvalue weighted by Gasteiger charge is 2.48. The number of rotatable bonds is 6. The van der Waals surface area contributed by atoms with E-state index in [4.69, 9.17) is 9.72 Å². The molecule has 0 bridgehead atoms. The standard InChI is InChI=1S/C25H23N3O2/c1-17(29)18-8-13-23-22(16-18)27-24(26-20-9-11-21(30-2)12-10-20)28(23)25(14-15-25)19-6-4-3-5-7-19/h3-13,16H,14-15H2,1-2H3,(H,26,27). The number of imidazole rings is 1. The second kappa shape index (κ2) is 7.02. The Balaban J connectivity index is 1.66. The van der Waals surface area contributed by atoms with Crippen LogP contribution >= 0.6 is 0 Å². The van der Waals surface area contributed by atoms with Gasteiger partial charge in [-0.25, -0.2) is 4.98 Å². The van der Waals surface area contributed by atoms with Crippen LogP contribution in [0.1, 0.15) is 35.7 Å². The second-order valence-corrected chi connectivity index (χ2v) is 7.78. The van der Waals surface area contributed by atoms with Crippen molar-refractivity contribution in [1.82, 2.24) is 9.55 Å². The second-order valence-electron chi connectivity index (χ2n) is 7.78. The van der Waals surface area contributed by atoms with Gasteiger partial charge in [-0.15, -0.1) is 0 Å². The van der Waals surface area contributed by atoms with Crippen LogP contribution in [0.3, 0.4) is 0 Å². The number of aromatic nitrogens is 2. The zero-order valence-corrected chi connectivity index (χ0v) is 17.1. The summed E-state index contributed by atoms with van der Waals surface area (Å²) >= 11 is 0. The third-order valence-corrected chi connectivity index (χ3v) is 5.87. The van der Waals surface area contributed by atoms with Crippen LogP contribution in [0.15, 0.2) is 72.8 Å². The van der Waals surface area contributed by atoms with Gasteiger partial charge in [0.25, 0.3) is 0 Å². The van der Waals surface area contributed by atoms with Crippen LogP contribution in [0.25, 0.3) is 11.0 Å². The summed E-state index contributed by atoms with van der Waals surface area (Å²) in [6, 6.07) is 24.2. The van der Waals surface area contributed by atoms with Crippen molar-refractivity contribution in [3.63, 3.8) is 0 Å². The van der Waals surface area contributed by atoms with Gasteiger partial charge in [-0.3, -0.25) is 9.36 Å². The van der Waals surface area contributed by atoms with E-state index in [0.717, 1.165) is 41.3 Å². The molecule has 5 nitrogen and oxygen atoms in total. The lowest BCUT2D eigenvalue weighted by atomic mass is 10.0. The van der Waals surface area contributed by atoms with Gasteiger partial charge in [-0.2, -0.15) is 0 Å². The van der Waals surface area contributed by atoms with Gasteiger partial charge in [0, 0.05) is 11.3 Å². The van der Waals surface area contributed by atoms with E-state index in [9.17, 15) is 4.79 Å². The van der Waals surface area contributed by atoms with Crippen molar-refractivity contribution in [1.29, 1.82) is 0 Å². The lowest BCUT2D eigenvalue weighted by Gasteiger charge is -2.22. The van der Waals surface area contributed by atoms with Gasteiger partial charge in [0.1, 0.15) is 5.75 Å². The smallest absolute Gasteiger partial charge is 0.209 e. The molecule has 1 saturated carbocycles. The van der Waals surface area contributed by atoms with Crippen LogP contribution in [0, 0.1) is 0 Å². The molecule has 30 heavy (non-hydrogen) atoms. The predicted molar refractivity (Wildman–Crippen MR) is 119 cm³/mol. The van der Waals surface area contributed by atoms with Crippen LogP contribution in [-0.2, 0) is 5.54 Å². The van der Waals surface area contributed by atoms with Crippen molar-refractivity contribution in [2.75, 3.05) is 12.4 Å². The van der Waals surface area contributed by atoms with Crippen molar-refractivity contribution in [2.24, 2.45) is 0 Å². The van der Waals surface area contributed by atoms with Crippen LogP contribution in [0.2, 0.25) is 0 Å². The molecule has 0 spiro atoms. The molecule has 0 saturated heterocycles. The summed E-state index contributed by atoms with van der Waals surface area (Å²) < 4.78 is 7.57. The average Bonchev–Trinajstić information content (AvgIpc) is 3.50. The van der Waals surface area contributed by atoms with Gasteiger partial charge in [-0.05, 0) is 67.8 Å². The molecule has 1 N–H and O–H groups in total. The van der Waals surface area contributed by atoms with Gasteiger partial charge in [0.2, 0.25) is 5.95 Å². The summed E-state index contributed by atoms with van der Waals surface area (Å²) in [4.78, 5) is 16.8. The number of carbonyl (C=O) groups is 1. The first kappa shape index (κ1) is 18.4. The van der Waals surface area contributed by atoms with Gasteiger partial charge in [0.15, 0.2) is 5.78 Å². The molecule has 0 aliphatic heterocycles. The fraction of sp³-hybridized carbons (Fsp3) is 0.200. The number of benzene rings is 3. The quantitative estimate of drug-likeness (QED) is 0.435. The SMILES string of the molecule is COc1ccc(Nc2nc3cc(C(C)=O)ccc3n2C2(c3ccccc3)CC2)cc1. The number of methoxy groups -OCH3 is 1. The van der Waals surface area contributed by atoms with Crippen LogP contribution in [-0.4, -0.2) is 22.4 Å². The summed E-state index contributed by atoms with van der Waals surface area (Å²) in [6.07, 6.45) is 2.10. The third kappa shape index (κ3) is 3.03. The minimum absolute atomic E-state index is 0.0420. The zero-order chi connectivity index (χ0) is 20.7. The molecular weight excluding hydrogens is 374 g/mol. The highest BCUT2D eigenvalue weighted by atomic mass is 16.5. The Labute approximate surface area is 175 Å². The number of nitrogens with one attached hydrogen (secondary N) is 1. The number of hydrogen-bond acceptors (Lipinski definition) is 4. The zero-order valence-electron chi connectivity index (χ0n) is 17.1. The molecule has 5 heteroatoms. The molecule has 1 aromatic heterocycles. The van der Waals surface area contributed by atoms with Crippen LogP contribution < -0.4 is 10.1 Å². The molecule has 0 amide bonds. The average molecular weight is 397 g/mol. The molecule has 5 rings (SSSR count). The maximum Gasteiger partial charge on any atom is 0.209 e. The number of ether oxygens (including phenoxy) is 1. The summed E-state index contributed by atoms with van der Waals surface area (Å²) in [5.74, 6) is 1.63. The van der Waals surface area contributed by atoms with Crippen LogP contribution in [0.5, 0.6) is 5.75 Å². The Hall–Kier alpha value is -3.60. The number of fused-ring (bicyclic) bond motifs is 1. The van der Waals surface area contributed by atoms with Crippen molar-refractivity contribution in [3.05, 3.63) is 83.9 Å². The van der Waals surface area contributed by atoms with E-state index >= 15 is 0 Å². The molecule has 1 fully saturated rings. The molecular formula is C25H23N3O2. The van der Waals surface area contributed by atoms with E-state index in [1.165, 1.54) is 5.56 Å². The Morgan fingerprint density at radius 3 is 2.40 bits per heavy atom. The molecule has 1 aliphatic carbocycles. The Kier molecular flexibility index (Phi) is 4.31. The third-order valence-electron chi connectivity index (χ3n) is 5.87. The van der Waals surface area contributed by atoms with E-state index < -0.39 is 0 Å². The van der Waals surface area contributed by atoms with Crippen molar-refractivity contribution >= 4 is 28.5 Å². The number of hydrogen-bond donors (Lipinski definition) is 1. The fourth-order valence-corrected chi connectivity index (χ4v) is 4.13. The largest absolute Gasteiger partial charge is 0.497 e. The minimum atomic E-state index is -0.122. The minimum Gasteiger partial charge on any atom is -0.497 e. The normalized spacial score (nSPS) is 14.5. The van der Waals surface area contributed by atoms with Gasteiger partial charge >= 0.3 is 0 Å². The summed E-state index contributed by atoms with van der Waals surface area (Å²) in [7, 11) is 1.66. The van der Waals surface area contributed by atoms with Gasteiger partial charge < -0.3 is 10.1 Å². The number of anilines is 2. The Morgan fingerprint density at radius 2 is 1.77 bits per heavy atom. The molecule has 0 atom stereocenters. The maximum atomic E-state index is 11.9. The first-order valence-electron chi connectivity index (χ1n) is 10.1. The maximum absolute atomic E-state index is 11.9. The molecule has 150 valence electrons. The van der Waals surface area contributed by atoms with Crippen LogP contribution in [0.4, 0.5) is 11.6 Å². The number of carbonyl (C=O) groups excluding carboxylic acids is 1.